The summed E-state index contributed by atoms with van der Waals surface area (Å²) in [5.41, 5.74) is 13.2. The monoisotopic (exact) mass is 910 g/mol. The Balaban J connectivity index is 0.00000160. The molecule has 0 spiro atoms. The van der Waals surface area contributed by atoms with Crippen molar-refractivity contribution < 1.29 is 15.9 Å². The molecule has 0 aromatic heterocycles. The van der Waals surface area contributed by atoms with Gasteiger partial charge in [-0.2, -0.15) is 0 Å². The summed E-state index contributed by atoms with van der Waals surface area (Å²) in [5.74, 6) is 0. The first-order valence-electron chi connectivity index (χ1n) is 19.2. The van der Waals surface area contributed by atoms with Crippen molar-refractivity contribution in [3.63, 3.8) is 0 Å². The van der Waals surface area contributed by atoms with Crippen LogP contribution in [0.4, 0.5) is 0 Å². The van der Waals surface area contributed by atoms with E-state index in [2.05, 4.69) is 201 Å². The van der Waals surface area contributed by atoms with Gasteiger partial charge in [0.25, 0.3) is 0 Å². The van der Waals surface area contributed by atoms with Crippen molar-refractivity contribution in [3.8, 4) is 11.1 Å². The standard InChI is InChI=1S/C52H48P2.2ClH.Pd/c1-33-21-34(2)26-43(25-33)53(44-27-35(3)22-36(4)28-44)49-19-17-41-13-9-11-15-47(41)51(49)52-48-16-12-10-14-42(48)18-20-50(52)54(45-29-37(5)23-38(6)30-45)46-31-39(7)24-40(8)32-46;;;/h9-32H,1-8H3;2*1H;/q;;;+2/p-2. The number of benzene rings is 8. The number of rotatable bonds is 7. The second kappa shape index (κ2) is 18.1. The Morgan fingerprint density at radius 3 is 0.842 bits per heavy atom. The van der Waals surface area contributed by atoms with E-state index in [-0.39, 0.29) is 15.9 Å². The first kappa shape index (κ1) is 41.5. The van der Waals surface area contributed by atoms with Gasteiger partial charge < -0.3 is 0 Å². The maximum atomic E-state index is 4.81. The minimum atomic E-state index is -0.937. The third kappa shape index (κ3) is 9.18. The second-order valence-electron chi connectivity index (χ2n) is 15.5. The van der Waals surface area contributed by atoms with Gasteiger partial charge in [-0.25, -0.2) is 0 Å². The van der Waals surface area contributed by atoms with E-state index in [1.807, 2.05) is 0 Å². The zero-order valence-electron chi connectivity index (χ0n) is 33.8. The molecule has 8 aromatic rings. The van der Waals surface area contributed by atoms with Crippen LogP contribution in [0.25, 0.3) is 32.7 Å². The van der Waals surface area contributed by atoms with Crippen LogP contribution in [0, 0.1) is 55.4 Å². The zero-order chi connectivity index (χ0) is 40.4. The molecule has 0 bridgehead atoms. The Hall–Kier alpha value is -3.62. The van der Waals surface area contributed by atoms with Gasteiger partial charge in [0.15, 0.2) is 0 Å². The van der Waals surface area contributed by atoms with Crippen LogP contribution in [0.3, 0.4) is 0 Å². The second-order valence-corrected chi connectivity index (χ2v) is 22.2. The maximum absolute atomic E-state index is 4.81. The molecule has 0 aliphatic heterocycles. The number of fused-ring (bicyclic) bond motifs is 2. The average Bonchev–Trinajstić information content (AvgIpc) is 3.14. The summed E-state index contributed by atoms with van der Waals surface area (Å²) in [4.78, 5) is 0. The van der Waals surface area contributed by atoms with Crippen LogP contribution in [-0.2, 0) is 15.9 Å². The number of halogens is 2. The van der Waals surface area contributed by atoms with Crippen LogP contribution in [0.1, 0.15) is 44.5 Å². The summed E-state index contributed by atoms with van der Waals surface area (Å²) in [7, 11) is 7.75. The van der Waals surface area contributed by atoms with E-state index in [1.54, 1.807) is 0 Å². The topological polar surface area (TPSA) is 0 Å². The molecule has 57 heavy (non-hydrogen) atoms. The molecule has 0 atom stereocenters. The molecule has 0 nitrogen and oxygen atoms in total. The summed E-state index contributed by atoms with van der Waals surface area (Å²) in [6.45, 7) is 18.0. The van der Waals surface area contributed by atoms with Gasteiger partial charge in [0.1, 0.15) is 0 Å². The van der Waals surface area contributed by atoms with E-state index in [1.165, 1.54) is 109 Å². The van der Waals surface area contributed by atoms with Crippen LogP contribution in [0.2, 0.25) is 0 Å². The summed E-state index contributed by atoms with van der Waals surface area (Å²) in [6, 6.07) is 56.6. The molecule has 8 aromatic carbocycles. The van der Waals surface area contributed by atoms with E-state index in [0.29, 0.717) is 0 Å². The number of hydrogen-bond donors (Lipinski definition) is 0. The van der Waals surface area contributed by atoms with Gasteiger partial charge in [0, 0.05) is 0 Å². The van der Waals surface area contributed by atoms with E-state index < -0.39 is 15.8 Å². The Morgan fingerprint density at radius 2 is 0.579 bits per heavy atom. The third-order valence-electron chi connectivity index (χ3n) is 10.4. The van der Waals surface area contributed by atoms with Gasteiger partial charge in [0.05, 0.1) is 0 Å². The van der Waals surface area contributed by atoms with Crippen molar-refractivity contribution in [2.75, 3.05) is 0 Å². The van der Waals surface area contributed by atoms with Gasteiger partial charge in [-0.3, -0.25) is 0 Å². The molecule has 8 rings (SSSR count). The average molecular weight is 912 g/mol. The Kier molecular flexibility index (Phi) is 13.2. The molecular formula is C52H48Cl2P2Pd. The van der Waals surface area contributed by atoms with Crippen molar-refractivity contribution >= 4 is 88.3 Å². The number of hydrogen-bond acceptors (Lipinski definition) is 0. The molecule has 0 saturated carbocycles. The molecule has 5 heteroatoms. The Labute approximate surface area is 358 Å². The zero-order valence-corrected chi connectivity index (χ0v) is 38.7. The van der Waals surface area contributed by atoms with Crippen molar-refractivity contribution in [3.05, 3.63) is 190 Å². The first-order valence-corrected chi connectivity index (χ1v) is 25.9. The van der Waals surface area contributed by atoms with E-state index >= 15 is 0 Å². The predicted octanol–water partition coefficient (Wildman–Crippen LogP) is 13.0. The summed E-state index contributed by atoms with van der Waals surface area (Å²) >= 11 is -0.106. The predicted molar refractivity (Wildman–Crippen MR) is 254 cm³/mol. The van der Waals surface area contributed by atoms with Crippen molar-refractivity contribution in [1.82, 2.24) is 0 Å². The molecule has 0 amide bonds. The molecular weight excluding hydrogens is 864 g/mol. The van der Waals surface area contributed by atoms with Crippen LogP contribution in [-0.4, -0.2) is 0 Å². The van der Waals surface area contributed by atoms with Gasteiger partial charge in [0.2, 0.25) is 0 Å². The third-order valence-corrected chi connectivity index (χ3v) is 15.2. The van der Waals surface area contributed by atoms with Gasteiger partial charge in [-0.1, -0.05) is 190 Å². The Bertz CT molecular complexity index is 2380. The molecule has 0 aliphatic carbocycles. The van der Waals surface area contributed by atoms with E-state index in [9.17, 15) is 0 Å². The molecule has 290 valence electrons. The first-order chi connectivity index (χ1) is 27.4. The van der Waals surface area contributed by atoms with E-state index in [4.69, 9.17) is 19.1 Å². The van der Waals surface area contributed by atoms with Crippen LogP contribution in [0.15, 0.2) is 146 Å². The quantitative estimate of drug-likeness (QED) is 0.110. The summed E-state index contributed by atoms with van der Waals surface area (Å²) in [6.07, 6.45) is 0. The Morgan fingerprint density at radius 1 is 0.333 bits per heavy atom. The molecule has 0 N–H and O–H groups in total. The summed E-state index contributed by atoms with van der Waals surface area (Å²) in [5, 5.41) is 13.6. The van der Waals surface area contributed by atoms with Crippen molar-refractivity contribution in [2.45, 2.75) is 55.4 Å². The number of aryl methyl sites for hydroxylation is 8. The summed E-state index contributed by atoms with van der Waals surface area (Å²) < 4.78 is 0. The van der Waals surface area contributed by atoms with Crippen molar-refractivity contribution in [2.24, 2.45) is 0 Å². The normalized spacial score (nSPS) is 11.4. The van der Waals surface area contributed by atoms with Gasteiger partial charge in [-0.15, -0.1) is 0 Å². The minimum absolute atomic E-state index is 0.106. The molecule has 0 radical (unpaired) electrons. The molecule has 0 aliphatic rings. The van der Waals surface area contributed by atoms with Crippen LogP contribution in [0.5, 0.6) is 0 Å². The molecule has 0 fully saturated rings. The van der Waals surface area contributed by atoms with Crippen LogP contribution < -0.4 is 31.8 Å². The molecule has 0 heterocycles. The van der Waals surface area contributed by atoms with Crippen molar-refractivity contribution in [1.29, 1.82) is 0 Å². The molecule has 0 unspecified atom stereocenters. The van der Waals surface area contributed by atoms with Gasteiger partial charge >= 0.3 is 35.0 Å². The SMILES string of the molecule is Cc1cc(C)cc(P(c2cc(C)cc(C)c2)c2ccc3ccccc3c2-c2c(P(c3cc(C)cc(C)c3)c3cc(C)cc(C)c3)ccc3ccccc23)c1.[Cl][Pd][Cl]. The fourth-order valence-corrected chi connectivity index (χ4v) is 14.3. The molecule has 0 saturated heterocycles. The van der Waals surface area contributed by atoms with Gasteiger partial charge in [-0.05, 0) is 136 Å². The van der Waals surface area contributed by atoms with E-state index in [0.717, 1.165) is 0 Å². The fourth-order valence-electron chi connectivity index (χ4n) is 8.59. The fraction of sp³-hybridized carbons (Fsp3) is 0.154. The van der Waals surface area contributed by atoms with Crippen LogP contribution >= 0.6 is 34.9 Å².